The minimum atomic E-state index is -0.520. The zero-order valence-corrected chi connectivity index (χ0v) is 11.9. The van der Waals surface area contributed by atoms with Crippen molar-refractivity contribution < 1.29 is 14.3 Å². The van der Waals surface area contributed by atoms with Gasteiger partial charge in [-0.3, -0.25) is 4.79 Å². The van der Waals surface area contributed by atoms with E-state index in [2.05, 4.69) is 21.2 Å². The molecule has 4 nitrogen and oxygen atoms in total. The highest BCUT2D eigenvalue weighted by Crippen LogP contribution is 2.18. The van der Waals surface area contributed by atoms with E-state index in [-0.39, 0.29) is 18.6 Å². The lowest BCUT2D eigenvalue weighted by molar-refractivity contribution is -0.143. The van der Waals surface area contributed by atoms with Crippen LogP contribution in [0.4, 0.5) is 0 Å². The Morgan fingerprint density at radius 2 is 2.00 bits per heavy atom. The molecule has 0 aromatic heterocycles. The van der Waals surface area contributed by atoms with Gasteiger partial charge in [0.1, 0.15) is 0 Å². The first-order valence-electron chi connectivity index (χ1n) is 6.03. The van der Waals surface area contributed by atoms with Gasteiger partial charge in [0.2, 0.25) is 0 Å². The van der Waals surface area contributed by atoms with Crippen molar-refractivity contribution in [1.29, 1.82) is 0 Å². The number of carbonyl (C=O) groups excluding carboxylic acids is 2. The predicted octanol–water partition coefficient (Wildman–Crippen LogP) is 2.28. The Morgan fingerprint density at radius 1 is 1.32 bits per heavy atom. The average molecular weight is 324 g/mol. The number of benzene rings is 1. The van der Waals surface area contributed by atoms with E-state index < -0.39 is 5.97 Å². The summed E-state index contributed by atoms with van der Waals surface area (Å²) in [5.41, 5.74) is 0.891. The molecule has 0 spiro atoms. The molecule has 19 heavy (non-hydrogen) atoms. The number of rotatable bonds is 5. The topological polar surface area (TPSA) is 55.4 Å². The van der Waals surface area contributed by atoms with Gasteiger partial charge in [-0.1, -0.05) is 28.1 Å². The number of nitrogens with one attached hydrogen (secondary N) is 1. The molecule has 0 radical (unpaired) electrons. The first kappa shape index (κ1) is 13.8. The van der Waals surface area contributed by atoms with E-state index in [0.29, 0.717) is 0 Å². The molecule has 0 atom stereocenters. The number of ether oxygens (including phenoxy) is 1. The van der Waals surface area contributed by atoms with Crippen LogP contribution in [-0.4, -0.2) is 24.5 Å². The zero-order valence-electron chi connectivity index (χ0n) is 10.3. The molecule has 1 aliphatic carbocycles. The minimum Gasteiger partial charge on any atom is -0.452 e. The van der Waals surface area contributed by atoms with Crippen LogP contribution in [0, 0.1) is 0 Å². The van der Waals surface area contributed by atoms with Crippen molar-refractivity contribution in [2.75, 3.05) is 6.61 Å². The molecule has 1 aromatic rings. The summed E-state index contributed by atoms with van der Waals surface area (Å²) in [7, 11) is 0. The molecule has 0 bridgehead atoms. The number of hydrogen-bond acceptors (Lipinski definition) is 3. The van der Waals surface area contributed by atoms with Gasteiger partial charge in [0.15, 0.2) is 6.61 Å². The number of carbonyl (C=O) groups is 2. The molecule has 1 aromatic carbocycles. The SMILES string of the molecule is O=C(COC(=O)/C=C/c1ccc(Br)cc1)NC1CC1. The summed E-state index contributed by atoms with van der Waals surface area (Å²) < 4.78 is 5.81. The number of esters is 1. The fourth-order valence-electron chi connectivity index (χ4n) is 1.42. The summed E-state index contributed by atoms with van der Waals surface area (Å²) in [5.74, 6) is -0.762. The van der Waals surface area contributed by atoms with Crippen molar-refractivity contribution in [2.24, 2.45) is 0 Å². The van der Waals surface area contributed by atoms with Crippen molar-refractivity contribution in [3.63, 3.8) is 0 Å². The van der Waals surface area contributed by atoms with Crippen molar-refractivity contribution in [3.8, 4) is 0 Å². The number of halogens is 1. The molecule has 1 N–H and O–H groups in total. The summed E-state index contributed by atoms with van der Waals surface area (Å²) in [6.45, 7) is -0.222. The molecule has 1 aliphatic rings. The zero-order chi connectivity index (χ0) is 13.7. The molecule has 1 amide bonds. The summed E-state index contributed by atoms with van der Waals surface area (Å²) in [6.07, 6.45) is 4.99. The number of hydrogen-bond donors (Lipinski definition) is 1. The second-order valence-corrected chi connectivity index (χ2v) is 5.25. The minimum absolute atomic E-state index is 0.222. The molecule has 1 fully saturated rings. The Hall–Kier alpha value is -1.62. The lowest BCUT2D eigenvalue weighted by Crippen LogP contribution is -2.30. The van der Waals surface area contributed by atoms with Crippen molar-refractivity contribution >= 4 is 33.9 Å². The molecule has 2 rings (SSSR count). The van der Waals surface area contributed by atoms with Gasteiger partial charge in [0.25, 0.3) is 5.91 Å². The summed E-state index contributed by atoms with van der Waals surface area (Å²) in [5, 5.41) is 2.74. The normalized spacial score (nSPS) is 14.4. The predicted molar refractivity (Wildman–Crippen MR) is 75.3 cm³/mol. The van der Waals surface area contributed by atoms with Crippen LogP contribution < -0.4 is 5.32 Å². The largest absolute Gasteiger partial charge is 0.452 e. The fraction of sp³-hybridized carbons (Fsp3) is 0.286. The summed E-state index contributed by atoms with van der Waals surface area (Å²) in [6, 6.07) is 7.79. The van der Waals surface area contributed by atoms with Crippen LogP contribution in [0.15, 0.2) is 34.8 Å². The molecule has 0 heterocycles. The van der Waals surface area contributed by atoms with Crippen molar-refractivity contribution in [3.05, 3.63) is 40.4 Å². The standard InChI is InChI=1S/C14H14BrNO3/c15-11-4-1-10(2-5-11)3-8-14(18)19-9-13(17)16-12-6-7-12/h1-5,8,12H,6-7,9H2,(H,16,17)/b8-3+. The molecule has 0 unspecified atom stereocenters. The van der Waals surface area contributed by atoms with Crippen LogP contribution in [0.2, 0.25) is 0 Å². The van der Waals surface area contributed by atoms with Gasteiger partial charge >= 0.3 is 5.97 Å². The highest BCUT2D eigenvalue weighted by molar-refractivity contribution is 9.10. The monoisotopic (exact) mass is 323 g/mol. The van der Waals surface area contributed by atoms with Crippen LogP contribution in [0.5, 0.6) is 0 Å². The Labute approximate surface area is 120 Å². The van der Waals surface area contributed by atoms with Crippen LogP contribution in [-0.2, 0) is 14.3 Å². The molecule has 5 heteroatoms. The quantitative estimate of drug-likeness (QED) is 0.668. The maximum atomic E-state index is 11.4. The Kier molecular flexibility index (Phi) is 4.74. The first-order chi connectivity index (χ1) is 9.13. The van der Waals surface area contributed by atoms with Gasteiger partial charge in [0.05, 0.1) is 0 Å². The Balaban J connectivity index is 1.73. The van der Waals surface area contributed by atoms with Crippen LogP contribution in [0.25, 0.3) is 6.08 Å². The van der Waals surface area contributed by atoms with E-state index in [4.69, 9.17) is 4.74 Å². The van der Waals surface area contributed by atoms with Crippen molar-refractivity contribution in [1.82, 2.24) is 5.32 Å². The third kappa shape index (κ3) is 5.26. The highest BCUT2D eigenvalue weighted by Gasteiger charge is 2.23. The molecular formula is C14H14BrNO3. The van der Waals surface area contributed by atoms with Crippen molar-refractivity contribution in [2.45, 2.75) is 18.9 Å². The van der Waals surface area contributed by atoms with E-state index in [0.717, 1.165) is 22.9 Å². The van der Waals surface area contributed by atoms with Crippen LogP contribution >= 0.6 is 15.9 Å². The maximum Gasteiger partial charge on any atom is 0.331 e. The Morgan fingerprint density at radius 3 is 2.63 bits per heavy atom. The average Bonchev–Trinajstić information content (AvgIpc) is 3.19. The van der Waals surface area contributed by atoms with E-state index in [1.54, 1.807) is 6.08 Å². The molecular weight excluding hydrogens is 310 g/mol. The lowest BCUT2D eigenvalue weighted by atomic mass is 10.2. The van der Waals surface area contributed by atoms with Gasteiger partial charge < -0.3 is 10.1 Å². The van der Waals surface area contributed by atoms with E-state index in [1.165, 1.54) is 6.08 Å². The second-order valence-electron chi connectivity index (χ2n) is 4.33. The van der Waals surface area contributed by atoms with Gasteiger partial charge in [-0.05, 0) is 36.6 Å². The highest BCUT2D eigenvalue weighted by atomic mass is 79.9. The Bertz CT molecular complexity index is 492. The summed E-state index contributed by atoms with van der Waals surface area (Å²) in [4.78, 5) is 22.7. The lowest BCUT2D eigenvalue weighted by Gasteiger charge is -2.02. The molecule has 100 valence electrons. The number of amides is 1. The van der Waals surface area contributed by atoms with E-state index in [1.807, 2.05) is 24.3 Å². The summed E-state index contributed by atoms with van der Waals surface area (Å²) >= 11 is 3.33. The maximum absolute atomic E-state index is 11.4. The van der Waals surface area contributed by atoms with E-state index in [9.17, 15) is 9.59 Å². The van der Waals surface area contributed by atoms with Gasteiger partial charge in [0, 0.05) is 16.6 Å². The van der Waals surface area contributed by atoms with Gasteiger partial charge in [-0.15, -0.1) is 0 Å². The molecule has 1 saturated carbocycles. The third-order valence-corrected chi connectivity index (χ3v) is 3.10. The van der Waals surface area contributed by atoms with Gasteiger partial charge in [-0.2, -0.15) is 0 Å². The second kappa shape index (κ2) is 6.52. The first-order valence-corrected chi connectivity index (χ1v) is 6.82. The van der Waals surface area contributed by atoms with Gasteiger partial charge in [-0.25, -0.2) is 4.79 Å². The molecule has 0 saturated heterocycles. The van der Waals surface area contributed by atoms with Crippen LogP contribution in [0.3, 0.4) is 0 Å². The fourth-order valence-corrected chi connectivity index (χ4v) is 1.68. The van der Waals surface area contributed by atoms with E-state index >= 15 is 0 Å². The molecule has 0 aliphatic heterocycles. The third-order valence-electron chi connectivity index (χ3n) is 2.57. The van der Waals surface area contributed by atoms with Crippen LogP contribution in [0.1, 0.15) is 18.4 Å². The smallest absolute Gasteiger partial charge is 0.331 e.